The number of carboxylic acids is 1. The number of benzene rings is 1. The molecule has 6 heteroatoms. The number of halogens is 2. The normalized spacial score (nSPS) is 20.1. The van der Waals surface area contributed by atoms with Gasteiger partial charge in [0.25, 0.3) is 0 Å². The lowest BCUT2D eigenvalue weighted by atomic mass is 10.1. The van der Waals surface area contributed by atoms with Gasteiger partial charge < -0.3 is 10.0 Å². The molecule has 4 nitrogen and oxygen atoms in total. The van der Waals surface area contributed by atoms with E-state index in [2.05, 4.69) is 0 Å². The minimum Gasteiger partial charge on any atom is -0.480 e. The van der Waals surface area contributed by atoms with Crippen molar-refractivity contribution in [3.05, 3.63) is 35.4 Å². The Morgan fingerprint density at radius 1 is 1.33 bits per heavy atom. The van der Waals surface area contributed by atoms with Gasteiger partial charge in [-0.2, -0.15) is 0 Å². The van der Waals surface area contributed by atoms with Crippen LogP contribution in [0.3, 0.4) is 0 Å². The number of carboxylic acid groups (broad SMARTS) is 1. The van der Waals surface area contributed by atoms with Gasteiger partial charge in [0.05, 0.1) is 0 Å². The lowest BCUT2D eigenvalue weighted by Gasteiger charge is -2.20. The summed E-state index contributed by atoms with van der Waals surface area (Å²) in [5, 5.41) is 8.82. The van der Waals surface area contributed by atoms with Crippen LogP contribution in [0.2, 0.25) is 0 Å². The van der Waals surface area contributed by atoms with Crippen molar-refractivity contribution in [3.8, 4) is 0 Å². The van der Waals surface area contributed by atoms with Crippen LogP contribution in [-0.2, 0) is 9.59 Å². The van der Waals surface area contributed by atoms with E-state index in [1.165, 1.54) is 23.1 Å². The Labute approximate surface area is 121 Å². The largest absolute Gasteiger partial charge is 0.480 e. The fourth-order valence-corrected chi connectivity index (χ4v) is 2.59. The standard InChI is InChI=1S/C15H17F2NO3/c1-2-6-18(8-13(19)20)15(21)10-7-9(10)14-11(16)4-3-5-12(14)17/h3-5,9-10H,2,6-8H2,1H3,(H,19,20). The Bertz CT molecular complexity index is 542. The minimum absolute atomic E-state index is 0.0670. The van der Waals surface area contributed by atoms with Gasteiger partial charge in [-0.3, -0.25) is 9.59 Å². The second-order valence-corrected chi connectivity index (χ2v) is 5.24. The number of hydrogen-bond acceptors (Lipinski definition) is 2. The number of carbonyl (C=O) groups is 2. The first-order valence-corrected chi connectivity index (χ1v) is 6.90. The van der Waals surface area contributed by atoms with E-state index in [0.717, 1.165) is 0 Å². The predicted octanol–water partition coefficient (Wildman–Crippen LogP) is 2.39. The maximum absolute atomic E-state index is 13.7. The molecule has 1 aromatic carbocycles. The highest BCUT2D eigenvalue weighted by Gasteiger charge is 2.48. The van der Waals surface area contributed by atoms with Gasteiger partial charge in [-0.05, 0) is 25.0 Å². The van der Waals surface area contributed by atoms with E-state index < -0.39 is 29.4 Å². The van der Waals surface area contributed by atoms with Gasteiger partial charge in [-0.15, -0.1) is 0 Å². The van der Waals surface area contributed by atoms with Gasteiger partial charge >= 0.3 is 5.97 Å². The summed E-state index contributed by atoms with van der Waals surface area (Å²) >= 11 is 0. The highest BCUT2D eigenvalue weighted by molar-refractivity contribution is 5.86. The van der Waals surface area contributed by atoms with Crippen LogP contribution in [0.15, 0.2) is 18.2 Å². The molecule has 21 heavy (non-hydrogen) atoms. The summed E-state index contributed by atoms with van der Waals surface area (Å²) in [5.41, 5.74) is -0.0670. The first-order valence-electron chi connectivity index (χ1n) is 6.90. The second kappa shape index (κ2) is 6.20. The van der Waals surface area contributed by atoms with E-state index in [-0.39, 0.29) is 18.0 Å². The van der Waals surface area contributed by atoms with E-state index in [1.807, 2.05) is 6.92 Å². The molecule has 1 N–H and O–H groups in total. The van der Waals surface area contributed by atoms with Crippen LogP contribution >= 0.6 is 0 Å². The smallest absolute Gasteiger partial charge is 0.323 e. The zero-order chi connectivity index (χ0) is 15.6. The molecule has 0 aromatic heterocycles. The third kappa shape index (κ3) is 3.37. The quantitative estimate of drug-likeness (QED) is 0.877. The maximum Gasteiger partial charge on any atom is 0.323 e. The SMILES string of the molecule is CCCN(CC(=O)O)C(=O)C1CC1c1c(F)cccc1F. The molecule has 0 radical (unpaired) electrons. The maximum atomic E-state index is 13.7. The van der Waals surface area contributed by atoms with Crippen LogP contribution in [0.5, 0.6) is 0 Å². The van der Waals surface area contributed by atoms with Gasteiger partial charge in [-0.1, -0.05) is 13.0 Å². The Morgan fingerprint density at radius 2 is 1.95 bits per heavy atom. The van der Waals surface area contributed by atoms with Crippen LogP contribution in [0, 0.1) is 17.6 Å². The number of carbonyl (C=O) groups excluding carboxylic acids is 1. The predicted molar refractivity (Wildman–Crippen MR) is 71.7 cm³/mol. The van der Waals surface area contributed by atoms with Gasteiger partial charge in [0, 0.05) is 23.9 Å². The van der Waals surface area contributed by atoms with Crippen molar-refractivity contribution >= 4 is 11.9 Å². The number of amides is 1. The zero-order valence-electron chi connectivity index (χ0n) is 11.7. The second-order valence-electron chi connectivity index (χ2n) is 5.24. The van der Waals surface area contributed by atoms with Crippen LogP contribution in [0.25, 0.3) is 0 Å². The molecule has 1 aromatic rings. The zero-order valence-corrected chi connectivity index (χ0v) is 11.7. The molecule has 2 atom stereocenters. The lowest BCUT2D eigenvalue weighted by Crippen LogP contribution is -2.37. The van der Waals surface area contributed by atoms with Gasteiger partial charge in [-0.25, -0.2) is 8.78 Å². The molecule has 0 aliphatic heterocycles. The first-order chi connectivity index (χ1) is 9.95. The van der Waals surface area contributed by atoms with E-state index in [0.29, 0.717) is 19.4 Å². The van der Waals surface area contributed by atoms with Crippen molar-refractivity contribution in [1.29, 1.82) is 0 Å². The molecular weight excluding hydrogens is 280 g/mol. The van der Waals surface area contributed by atoms with E-state index in [1.54, 1.807) is 0 Å². The summed E-state index contributed by atoms with van der Waals surface area (Å²) in [6, 6.07) is 3.61. The molecule has 1 saturated carbocycles. The van der Waals surface area contributed by atoms with Crippen molar-refractivity contribution < 1.29 is 23.5 Å². The molecule has 114 valence electrons. The fraction of sp³-hybridized carbons (Fsp3) is 0.467. The number of nitrogens with zero attached hydrogens (tertiary/aromatic N) is 1. The highest BCUT2D eigenvalue weighted by Crippen LogP contribution is 2.50. The summed E-state index contributed by atoms with van der Waals surface area (Å²) in [4.78, 5) is 24.3. The van der Waals surface area contributed by atoms with Crippen molar-refractivity contribution in [2.45, 2.75) is 25.7 Å². The summed E-state index contributed by atoms with van der Waals surface area (Å²) in [7, 11) is 0. The monoisotopic (exact) mass is 297 g/mol. The molecule has 0 spiro atoms. The highest BCUT2D eigenvalue weighted by atomic mass is 19.1. The molecule has 1 amide bonds. The van der Waals surface area contributed by atoms with Crippen molar-refractivity contribution in [1.82, 2.24) is 4.90 Å². The third-order valence-corrected chi connectivity index (χ3v) is 3.61. The Morgan fingerprint density at radius 3 is 2.48 bits per heavy atom. The summed E-state index contributed by atoms with van der Waals surface area (Å²) in [5.74, 6) is -3.77. The van der Waals surface area contributed by atoms with Crippen LogP contribution in [0.4, 0.5) is 8.78 Å². The molecule has 0 bridgehead atoms. The van der Waals surface area contributed by atoms with Gasteiger partial charge in [0.2, 0.25) is 5.91 Å². The van der Waals surface area contributed by atoms with Gasteiger partial charge in [0.15, 0.2) is 0 Å². The van der Waals surface area contributed by atoms with Gasteiger partial charge in [0.1, 0.15) is 18.2 Å². The van der Waals surface area contributed by atoms with E-state index in [9.17, 15) is 18.4 Å². The van der Waals surface area contributed by atoms with Crippen LogP contribution in [-0.4, -0.2) is 35.0 Å². The molecule has 1 aliphatic rings. The van der Waals surface area contributed by atoms with Crippen molar-refractivity contribution in [2.24, 2.45) is 5.92 Å². The summed E-state index contributed by atoms with van der Waals surface area (Å²) in [6.45, 7) is 1.78. The average molecular weight is 297 g/mol. The van der Waals surface area contributed by atoms with Crippen LogP contribution in [0.1, 0.15) is 31.2 Å². The number of hydrogen-bond donors (Lipinski definition) is 1. The van der Waals surface area contributed by atoms with E-state index >= 15 is 0 Å². The number of aliphatic carboxylic acids is 1. The first kappa shape index (κ1) is 15.4. The Hall–Kier alpha value is -1.98. The molecule has 2 unspecified atom stereocenters. The molecule has 0 saturated heterocycles. The molecule has 0 heterocycles. The Balaban J connectivity index is 2.11. The summed E-state index contributed by atoms with van der Waals surface area (Å²) in [6.07, 6.45) is 0.987. The topological polar surface area (TPSA) is 57.6 Å². The molecule has 1 fully saturated rings. The molecule has 1 aliphatic carbocycles. The Kier molecular flexibility index (Phi) is 4.55. The third-order valence-electron chi connectivity index (χ3n) is 3.61. The van der Waals surface area contributed by atoms with Crippen molar-refractivity contribution in [2.75, 3.05) is 13.1 Å². The van der Waals surface area contributed by atoms with E-state index in [4.69, 9.17) is 5.11 Å². The number of rotatable bonds is 6. The fourth-order valence-electron chi connectivity index (χ4n) is 2.59. The lowest BCUT2D eigenvalue weighted by molar-refractivity contribution is -0.145. The minimum atomic E-state index is -1.09. The summed E-state index contributed by atoms with van der Waals surface area (Å²) < 4.78 is 27.4. The van der Waals surface area contributed by atoms with Crippen molar-refractivity contribution in [3.63, 3.8) is 0 Å². The average Bonchev–Trinajstić information content (AvgIpc) is 3.17. The van der Waals surface area contributed by atoms with Crippen LogP contribution < -0.4 is 0 Å². The molecule has 2 rings (SSSR count). The molecular formula is C15H17F2NO3.